The van der Waals surface area contributed by atoms with Crippen molar-refractivity contribution in [1.82, 2.24) is 0 Å². The highest BCUT2D eigenvalue weighted by atomic mass is 19.1. The normalized spacial score (nSPS) is 17.6. The van der Waals surface area contributed by atoms with Crippen LogP contribution >= 0.6 is 0 Å². The van der Waals surface area contributed by atoms with Crippen LogP contribution in [0.5, 0.6) is 0 Å². The van der Waals surface area contributed by atoms with E-state index in [1.807, 2.05) is 0 Å². The molecule has 0 aromatic heterocycles. The number of quaternary nitrogens is 1. The number of aliphatic carboxylic acids is 1. The number of Topliss-reactive ketones (excluding diaryl/α,β-unsaturated/α-hetero) is 1. The number of carboxylic acids is 1. The van der Waals surface area contributed by atoms with E-state index in [9.17, 15) is 19.1 Å². The Labute approximate surface area is 94.1 Å². The predicted octanol–water partition coefficient (Wildman–Crippen LogP) is -0.174. The zero-order valence-electron chi connectivity index (χ0n) is 10.0. The standard InChI is InChI=1S/C10H18FNO4/c1-7(13)10(16,5-9(14)15)8(6-11)12(2,3)4/h8,16H,5-6H2,1-4H3/p+1/t8?,10-/m0/s1. The van der Waals surface area contributed by atoms with Gasteiger partial charge in [0, 0.05) is 0 Å². The third kappa shape index (κ3) is 3.24. The summed E-state index contributed by atoms with van der Waals surface area (Å²) >= 11 is 0. The fourth-order valence-electron chi connectivity index (χ4n) is 1.68. The van der Waals surface area contributed by atoms with Crippen molar-refractivity contribution in [3.8, 4) is 0 Å². The number of ketones is 1. The van der Waals surface area contributed by atoms with E-state index in [-0.39, 0.29) is 4.48 Å². The molecular weight excluding hydrogens is 217 g/mol. The first-order valence-electron chi connectivity index (χ1n) is 4.88. The predicted molar refractivity (Wildman–Crippen MR) is 55.7 cm³/mol. The largest absolute Gasteiger partial charge is 0.481 e. The third-order valence-electron chi connectivity index (χ3n) is 2.66. The van der Waals surface area contributed by atoms with E-state index in [2.05, 4.69) is 0 Å². The third-order valence-corrected chi connectivity index (χ3v) is 2.66. The molecule has 0 aliphatic heterocycles. The van der Waals surface area contributed by atoms with Gasteiger partial charge >= 0.3 is 5.97 Å². The molecule has 0 saturated carbocycles. The van der Waals surface area contributed by atoms with Gasteiger partial charge in [-0.05, 0) is 6.92 Å². The molecule has 2 N–H and O–H groups in total. The first kappa shape index (κ1) is 15.0. The van der Waals surface area contributed by atoms with Crippen molar-refractivity contribution >= 4 is 11.8 Å². The van der Waals surface area contributed by atoms with Crippen LogP contribution in [0.2, 0.25) is 0 Å². The van der Waals surface area contributed by atoms with E-state index in [4.69, 9.17) is 5.11 Å². The molecule has 0 bridgehead atoms. The van der Waals surface area contributed by atoms with E-state index in [1.165, 1.54) is 0 Å². The van der Waals surface area contributed by atoms with Gasteiger partial charge in [0.05, 0.1) is 27.6 Å². The molecule has 0 aliphatic carbocycles. The number of hydrogen-bond donors (Lipinski definition) is 2. The number of alkyl halides is 1. The molecule has 1 unspecified atom stereocenters. The number of rotatable bonds is 6. The lowest BCUT2D eigenvalue weighted by atomic mass is 9.85. The Kier molecular flexibility index (Phi) is 4.57. The van der Waals surface area contributed by atoms with Crippen molar-refractivity contribution in [3.63, 3.8) is 0 Å². The summed E-state index contributed by atoms with van der Waals surface area (Å²) in [6.45, 7) is 0.105. The second-order valence-corrected chi connectivity index (χ2v) is 4.84. The SMILES string of the molecule is CC(=O)[C@@](O)(CC(=O)O)C(CF)[N+](C)(C)C. The molecule has 0 radical (unpaired) electrons. The maximum absolute atomic E-state index is 12.9. The Bertz CT molecular complexity index is 287. The summed E-state index contributed by atoms with van der Waals surface area (Å²) in [6, 6.07) is -1.10. The summed E-state index contributed by atoms with van der Waals surface area (Å²) in [5.41, 5.74) is -2.17. The van der Waals surface area contributed by atoms with Gasteiger partial charge in [-0.1, -0.05) is 0 Å². The molecule has 2 atom stereocenters. The van der Waals surface area contributed by atoms with Crippen molar-refractivity contribution in [2.75, 3.05) is 27.8 Å². The van der Waals surface area contributed by atoms with E-state index in [1.54, 1.807) is 21.1 Å². The van der Waals surface area contributed by atoms with Crippen molar-refractivity contribution in [1.29, 1.82) is 0 Å². The minimum Gasteiger partial charge on any atom is -0.481 e. The number of carbonyl (C=O) groups excluding carboxylic acids is 1. The topological polar surface area (TPSA) is 74.6 Å². The van der Waals surface area contributed by atoms with Crippen LogP contribution in [0.25, 0.3) is 0 Å². The van der Waals surface area contributed by atoms with Crippen LogP contribution in [0.1, 0.15) is 13.3 Å². The second-order valence-electron chi connectivity index (χ2n) is 4.84. The molecule has 0 rings (SSSR count). The number of aliphatic hydroxyl groups is 1. The van der Waals surface area contributed by atoms with Crippen LogP contribution in [-0.4, -0.2) is 65.9 Å². The Hall–Kier alpha value is -1.01. The highest BCUT2D eigenvalue weighted by Crippen LogP contribution is 2.24. The Morgan fingerprint density at radius 2 is 1.81 bits per heavy atom. The average molecular weight is 236 g/mol. The quantitative estimate of drug-likeness (QED) is 0.628. The molecule has 94 valence electrons. The zero-order valence-corrected chi connectivity index (χ0v) is 10.0. The highest BCUT2D eigenvalue weighted by molar-refractivity contribution is 5.89. The molecule has 0 spiro atoms. The summed E-state index contributed by atoms with van der Waals surface area (Å²) < 4.78 is 12.9. The molecule has 5 nitrogen and oxygen atoms in total. The van der Waals surface area contributed by atoms with E-state index in [0.717, 1.165) is 6.92 Å². The van der Waals surface area contributed by atoms with Gasteiger partial charge in [0.2, 0.25) is 0 Å². The van der Waals surface area contributed by atoms with Gasteiger partial charge in [-0.15, -0.1) is 0 Å². The number of hydrogen-bond acceptors (Lipinski definition) is 3. The molecule has 0 amide bonds. The van der Waals surface area contributed by atoms with Crippen LogP contribution in [0.3, 0.4) is 0 Å². The lowest BCUT2D eigenvalue weighted by molar-refractivity contribution is -0.902. The zero-order chi connectivity index (χ0) is 13.1. The molecule has 6 heteroatoms. The van der Waals surface area contributed by atoms with Crippen molar-refractivity contribution in [2.45, 2.75) is 25.0 Å². The average Bonchev–Trinajstić information content (AvgIpc) is 1.99. The Balaban J connectivity index is 5.31. The molecule has 0 fully saturated rings. The molecule has 0 heterocycles. The monoisotopic (exact) mass is 236 g/mol. The van der Waals surface area contributed by atoms with Crippen molar-refractivity contribution < 1.29 is 28.7 Å². The summed E-state index contributed by atoms with van der Waals surface area (Å²) in [7, 11) is 4.79. The smallest absolute Gasteiger partial charge is 0.307 e. The van der Waals surface area contributed by atoms with Crippen LogP contribution in [0.4, 0.5) is 4.39 Å². The van der Waals surface area contributed by atoms with Gasteiger partial charge in [0.1, 0.15) is 6.67 Å². The highest BCUT2D eigenvalue weighted by Gasteiger charge is 2.50. The number of carbonyl (C=O) groups is 2. The lowest BCUT2D eigenvalue weighted by Crippen LogP contribution is -2.63. The summed E-state index contributed by atoms with van der Waals surface area (Å²) in [5, 5.41) is 18.7. The number of halogens is 1. The molecule has 0 aromatic rings. The maximum atomic E-state index is 12.9. The van der Waals surface area contributed by atoms with Crippen molar-refractivity contribution in [3.05, 3.63) is 0 Å². The summed E-state index contributed by atoms with van der Waals surface area (Å²) in [5.74, 6) is -2.06. The van der Waals surface area contributed by atoms with Gasteiger partial charge < -0.3 is 14.7 Å². The molecule has 0 aliphatic rings. The van der Waals surface area contributed by atoms with Gasteiger partial charge in [-0.3, -0.25) is 9.59 Å². The van der Waals surface area contributed by atoms with Gasteiger partial charge in [0.15, 0.2) is 17.4 Å². The van der Waals surface area contributed by atoms with Crippen LogP contribution in [0, 0.1) is 0 Å². The maximum Gasteiger partial charge on any atom is 0.307 e. The first-order chi connectivity index (χ1) is 7.05. The first-order valence-corrected chi connectivity index (χ1v) is 4.88. The molecule has 0 aromatic carbocycles. The molecule has 16 heavy (non-hydrogen) atoms. The summed E-state index contributed by atoms with van der Waals surface area (Å²) in [6.07, 6.45) is -0.785. The number of nitrogens with zero attached hydrogens (tertiary/aromatic N) is 1. The van der Waals surface area contributed by atoms with E-state index < -0.39 is 36.5 Å². The summed E-state index contributed by atoms with van der Waals surface area (Å²) in [4.78, 5) is 22.0. The van der Waals surface area contributed by atoms with Crippen LogP contribution in [0.15, 0.2) is 0 Å². The van der Waals surface area contributed by atoms with Gasteiger partial charge in [-0.2, -0.15) is 0 Å². The second kappa shape index (κ2) is 4.88. The Morgan fingerprint density at radius 1 is 1.38 bits per heavy atom. The molecule has 0 saturated heterocycles. The molecular formula is C10H19FNO4+. The number of carboxylic acid groups (broad SMARTS) is 1. The minimum atomic E-state index is -2.17. The fraction of sp³-hybridized carbons (Fsp3) is 0.800. The fourth-order valence-corrected chi connectivity index (χ4v) is 1.68. The van der Waals surface area contributed by atoms with Gasteiger partial charge in [0.25, 0.3) is 0 Å². The van der Waals surface area contributed by atoms with Crippen molar-refractivity contribution in [2.24, 2.45) is 0 Å². The number of likely N-dealkylation sites (N-methyl/N-ethyl adjacent to an activating group) is 1. The van der Waals surface area contributed by atoms with Crippen LogP contribution in [-0.2, 0) is 9.59 Å². The van der Waals surface area contributed by atoms with E-state index in [0.29, 0.717) is 0 Å². The minimum absolute atomic E-state index is 0.0279. The van der Waals surface area contributed by atoms with E-state index >= 15 is 0 Å². The van der Waals surface area contributed by atoms with Crippen LogP contribution < -0.4 is 0 Å². The Morgan fingerprint density at radius 3 is 2.00 bits per heavy atom. The van der Waals surface area contributed by atoms with Gasteiger partial charge in [-0.25, -0.2) is 4.39 Å². The lowest BCUT2D eigenvalue weighted by Gasteiger charge is -2.40.